The first kappa shape index (κ1) is 16.6. The van der Waals surface area contributed by atoms with Gasteiger partial charge in [-0.25, -0.2) is 4.94 Å². The number of rotatable bonds is 9. The lowest BCUT2D eigenvalue weighted by molar-refractivity contribution is -0.205. The lowest BCUT2D eigenvalue weighted by Gasteiger charge is -2.26. The fourth-order valence-corrected chi connectivity index (χ4v) is 1.06. The van der Waals surface area contributed by atoms with Crippen LogP contribution in [0.4, 0.5) is 0 Å². The molecule has 8 N–H and O–H groups in total. The Morgan fingerprint density at radius 2 is 1.18 bits per heavy atom. The van der Waals surface area contributed by atoms with Crippen molar-refractivity contribution in [1.82, 2.24) is 5.06 Å². The molecule has 0 radical (unpaired) electrons. The van der Waals surface area contributed by atoms with Crippen molar-refractivity contribution in [2.24, 2.45) is 5.90 Å². The van der Waals surface area contributed by atoms with Crippen LogP contribution in [0.15, 0.2) is 0 Å². The summed E-state index contributed by atoms with van der Waals surface area (Å²) >= 11 is 0. The van der Waals surface area contributed by atoms with E-state index in [-0.39, 0.29) is 13.1 Å². The summed E-state index contributed by atoms with van der Waals surface area (Å²) in [4.78, 5) is 4.31. The van der Waals surface area contributed by atoms with Crippen molar-refractivity contribution in [3.63, 3.8) is 0 Å². The number of nitrogens with zero attached hydrogens (tertiary/aromatic N) is 1. The molecule has 9 nitrogen and oxygen atoms in total. The minimum Gasteiger partial charge on any atom is -0.394 e. The van der Waals surface area contributed by atoms with Crippen LogP contribution in [0, 0.1) is 0 Å². The summed E-state index contributed by atoms with van der Waals surface area (Å²) in [5.41, 5.74) is 0. The van der Waals surface area contributed by atoms with E-state index in [4.69, 9.17) is 26.3 Å². The van der Waals surface area contributed by atoms with Gasteiger partial charge in [-0.15, -0.1) is 0 Å². The van der Waals surface area contributed by atoms with Gasteiger partial charge in [-0.3, -0.25) is 0 Å². The highest BCUT2D eigenvalue weighted by Crippen LogP contribution is 2.01. The van der Waals surface area contributed by atoms with Crippen LogP contribution in [0.3, 0.4) is 0 Å². The third kappa shape index (κ3) is 6.21. The van der Waals surface area contributed by atoms with Crippen LogP contribution in [0.25, 0.3) is 0 Å². The second-order valence-electron chi connectivity index (χ2n) is 3.59. The van der Waals surface area contributed by atoms with E-state index in [0.29, 0.717) is 0 Å². The summed E-state index contributed by atoms with van der Waals surface area (Å²) in [7, 11) is 0. The van der Waals surface area contributed by atoms with E-state index >= 15 is 0 Å². The summed E-state index contributed by atoms with van der Waals surface area (Å²) < 4.78 is 0. The van der Waals surface area contributed by atoms with Gasteiger partial charge in [0.05, 0.1) is 38.5 Å². The molecule has 4 unspecified atom stereocenters. The molecule has 0 aliphatic carbocycles. The zero-order valence-electron chi connectivity index (χ0n) is 9.25. The Labute approximate surface area is 98.2 Å². The van der Waals surface area contributed by atoms with Gasteiger partial charge in [0.1, 0.15) is 12.2 Å². The highest BCUT2D eigenvalue weighted by Gasteiger charge is 2.24. The minimum absolute atomic E-state index is 0.284. The zero-order valence-corrected chi connectivity index (χ0v) is 9.25. The lowest BCUT2D eigenvalue weighted by atomic mass is 10.2. The molecule has 0 spiro atoms. The molecule has 17 heavy (non-hydrogen) atoms. The molecular weight excluding hydrogens is 236 g/mol. The predicted octanol–water partition coefficient (Wildman–Crippen LogP) is -4.48. The van der Waals surface area contributed by atoms with E-state index in [1.807, 2.05) is 0 Å². The van der Waals surface area contributed by atoms with E-state index < -0.39 is 37.6 Å². The molecule has 9 heteroatoms. The Balaban J connectivity index is 4.15. The fraction of sp³-hybridized carbons (Fsp3) is 1.00. The molecule has 0 bridgehead atoms. The second-order valence-corrected chi connectivity index (χ2v) is 3.59. The minimum atomic E-state index is -1.37. The first-order valence-electron chi connectivity index (χ1n) is 5.02. The van der Waals surface area contributed by atoms with Crippen LogP contribution >= 0.6 is 0 Å². The van der Waals surface area contributed by atoms with Gasteiger partial charge in [0.15, 0.2) is 0 Å². The Morgan fingerprint density at radius 1 is 0.824 bits per heavy atom. The predicted molar refractivity (Wildman–Crippen MR) is 55.0 cm³/mol. The Kier molecular flexibility index (Phi) is 8.51. The molecule has 0 aromatic carbocycles. The molecule has 0 amide bonds. The van der Waals surface area contributed by atoms with Gasteiger partial charge in [0.2, 0.25) is 0 Å². The number of hydroxylamine groups is 2. The summed E-state index contributed by atoms with van der Waals surface area (Å²) in [5, 5.41) is 54.9. The van der Waals surface area contributed by atoms with Gasteiger partial charge in [-0.1, -0.05) is 0 Å². The molecule has 4 atom stereocenters. The molecule has 0 rings (SSSR count). The van der Waals surface area contributed by atoms with Crippen molar-refractivity contribution in [3.05, 3.63) is 0 Å². The first-order valence-corrected chi connectivity index (χ1v) is 5.02. The normalized spacial score (nSPS) is 19.1. The maximum absolute atomic E-state index is 9.35. The van der Waals surface area contributed by atoms with Gasteiger partial charge >= 0.3 is 0 Å². The fourth-order valence-electron chi connectivity index (χ4n) is 1.06. The number of aliphatic hydroxyl groups excluding tert-OH is 6. The molecule has 0 aromatic rings. The maximum atomic E-state index is 9.35. The van der Waals surface area contributed by atoms with Crippen molar-refractivity contribution in [1.29, 1.82) is 0 Å². The molecule has 0 fully saturated rings. The van der Waals surface area contributed by atoms with Gasteiger partial charge < -0.3 is 30.6 Å². The largest absolute Gasteiger partial charge is 0.394 e. The van der Waals surface area contributed by atoms with Gasteiger partial charge in [-0.05, 0) is 0 Å². The van der Waals surface area contributed by atoms with Gasteiger partial charge in [0.25, 0.3) is 0 Å². The summed E-state index contributed by atoms with van der Waals surface area (Å²) in [6.45, 7) is -1.84. The number of hydrogen-bond donors (Lipinski definition) is 7. The summed E-state index contributed by atoms with van der Waals surface area (Å²) in [6.07, 6.45) is -5.40. The Bertz CT molecular complexity index is 179. The van der Waals surface area contributed by atoms with Crippen molar-refractivity contribution < 1.29 is 35.6 Å². The van der Waals surface area contributed by atoms with Crippen LogP contribution in [-0.4, -0.2) is 86.4 Å². The van der Waals surface area contributed by atoms with Crippen molar-refractivity contribution in [2.45, 2.75) is 24.4 Å². The Morgan fingerprint density at radius 3 is 1.41 bits per heavy atom. The van der Waals surface area contributed by atoms with Crippen LogP contribution in [0.5, 0.6) is 0 Å². The van der Waals surface area contributed by atoms with Crippen molar-refractivity contribution in [2.75, 3.05) is 26.3 Å². The molecule has 0 heterocycles. The van der Waals surface area contributed by atoms with Gasteiger partial charge in [-0.2, -0.15) is 11.0 Å². The van der Waals surface area contributed by atoms with Crippen LogP contribution in [0.2, 0.25) is 0 Å². The molecule has 0 aliphatic rings. The van der Waals surface area contributed by atoms with E-state index in [9.17, 15) is 10.2 Å². The van der Waals surface area contributed by atoms with Gasteiger partial charge in [0, 0.05) is 0 Å². The van der Waals surface area contributed by atoms with E-state index in [1.165, 1.54) is 0 Å². The third-order valence-corrected chi connectivity index (χ3v) is 2.19. The quantitative estimate of drug-likeness (QED) is 0.202. The average Bonchev–Trinajstić information content (AvgIpc) is 2.35. The zero-order chi connectivity index (χ0) is 13.4. The molecule has 0 saturated heterocycles. The second kappa shape index (κ2) is 8.69. The Hall–Kier alpha value is -0.360. The standard InChI is InChI=1S/C8H20N2O7/c9-17-10(1-5(13)7(15)3-11)2-6(14)8(16)4-12/h5-8,11-16H,1-4,9H2. The van der Waals surface area contributed by atoms with Crippen LogP contribution < -0.4 is 5.90 Å². The van der Waals surface area contributed by atoms with E-state index in [2.05, 4.69) is 4.94 Å². The topological polar surface area (TPSA) is 160 Å². The highest BCUT2D eigenvalue weighted by molar-refractivity contribution is 4.72. The molecule has 0 saturated carbocycles. The monoisotopic (exact) mass is 256 g/mol. The van der Waals surface area contributed by atoms with E-state index in [0.717, 1.165) is 5.06 Å². The molecular formula is C8H20N2O7. The molecule has 0 aliphatic heterocycles. The molecule has 104 valence electrons. The summed E-state index contributed by atoms with van der Waals surface area (Å²) in [6, 6.07) is 0. The van der Waals surface area contributed by atoms with Crippen LogP contribution in [-0.2, 0) is 4.94 Å². The SMILES string of the molecule is NON(CC(O)C(O)CO)CC(O)C(O)CO. The number of aliphatic hydroxyl groups is 6. The number of hydrogen-bond acceptors (Lipinski definition) is 9. The van der Waals surface area contributed by atoms with Crippen molar-refractivity contribution >= 4 is 0 Å². The van der Waals surface area contributed by atoms with E-state index in [1.54, 1.807) is 0 Å². The van der Waals surface area contributed by atoms with Crippen LogP contribution in [0.1, 0.15) is 0 Å². The van der Waals surface area contributed by atoms with Crippen molar-refractivity contribution in [3.8, 4) is 0 Å². The lowest BCUT2D eigenvalue weighted by Crippen LogP contribution is -2.47. The first-order chi connectivity index (χ1) is 7.96. The third-order valence-electron chi connectivity index (χ3n) is 2.19. The molecule has 0 aromatic heterocycles. The summed E-state index contributed by atoms with van der Waals surface area (Å²) in [5.74, 6) is 4.87. The highest BCUT2D eigenvalue weighted by atomic mass is 16.8. The smallest absolute Gasteiger partial charge is 0.104 e. The average molecular weight is 256 g/mol. The number of nitrogens with two attached hydrogens (primary N) is 1. The maximum Gasteiger partial charge on any atom is 0.104 e.